The number of aliphatic carboxylic acids is 1. The van der Waals surface area contributed by atoms with Gasteiger partial charge in [0, 0.05) is 12.8 Å². The second-order valence-corrected chi connectivity index (χ2v) is 3.56. The third kappa shape index (κ3) is 4.68. The van der Waals surface area contributed by atoms with Crippen LogP contribution in [0.3, 0.4) is 0 Å². The lowest BCUT2D eigenvalue weighted by Crippen LogP contribution is -2.04. The summed E-state index contributed by atoms with van der Waals surface area (Å²) in [4.78, 5) is 21.5. The van der Waals surface area contributed by atoms with Crippen molar-refractivity contribution >= 4 is 11.8 Å². The highest BCUT2D eigenvalue weighted by Crippen LogP contribution is 2.07. The molecular formula is C12H13FO3. The van der Waals surface area contributed by atoms with Gasteiger partial charge in [-0.25, -0.2) is 4.39 Å². The Bertz CT molecular complexity index is 370. The van der Waals surface area contributed by atoms with Gasteiger partial charge >= 0.3 is 5.97 Å². The Balaban J connectivity index is 2.31. The summed E-state index contributed by atoms with van der Waals surface area (Å²) in [6, 6.07) is 5.94. The molecule has 0 radical (unpaired) electrons. The molecule has 0 spiro atoms. The number of ketones is 1. The topological polar surface area (TPSA) is 54.4 Å². The lowest BCUT2D eigenvalue weighted by molar-refractivity contribution is -0.138. The van der Waals surface area contributed by atoms with Crippen molar-refractivity contribution < 1.29 is 19.1 Å². The maximum Gasteiger partial charge on any atom is 0.303 e. The number of halogens is 1. The van der Waals surface area contributed by atoms with Gasteiger partial charge < -0.3 is 5.11 Å². The van der Waals surface area contributed by atoms with Gasteiger partial charge in [0.1, 0.15) is 11.6 Å². The highest BCUT2D eigenvalue weighted by Gasteiger charge is 2.05. The van der Waals surface area contributed by atoms with Crippen molar-refractivity contribution in [2.45, 2.75) is 25.7 Å². The van der Waals surface area contributed by atoms with Crippen molar-refractivity contribution in [2.24, 2.45) is 0 Å². The Kier molecular flexibility index (Phi) is 4.64. The van der Waals surface area contributed by atoms with E-state index in [-0.39, 0.29) is 24.4 Å². The normalized spacial score (nSPS) is 10.1. The van der Waals surface area contributed by atoms with Crippen molar-refractivity contribution in [3.63, 3.8) is 0 Å². The first kappa shape index (κ1) is 12.4. The summed E-state index contributed by atoms with van der Waals surface area (Å²) in [6.45, 7) is 0. The van der Waals surface area contributed by atoms with Crippen LogP contribution in [-0.4, -0.2) is 16.9 Å². The first-order valence-corrected chi connectivity index (χ1v) is 5.06. The van der Waals surface area contributed by atoms with E-state index in [9.17, 15) is 14.0 Å². The first-order valence-electron chi connectivity index (χ1n) is 5.06. The molecule has 0 fully saturated rings. The highest BCUT2D eigenvalue weighted by molar-refractivity contribution is 5.82. The van der Waals surface area contributed by atoms with Crippen LogP contribution in [-0.2, 0) is 16.0 Å². The number of carbonyl (C=O) groups excluding carboxylic acids is 1. The molecule has 0 atom stereocenters. The molecule has 1 rings (SSSR count). The van der Waals surface area contributed by atoms with Crippen LogP contribution in [0.5, 0.6) is 0 Å². The smallest absolute Gasteiger partial charge is 0.303 e. The summed E-state index contributed by atoms with van der Waals surface area (Å²) in [5.74, 6) is -1.34. The minimum atomic E-state index is -0.963. The molecule has 3 nitrogen and oxygen atoms in total. The lowest BCUT2D eigenvalue weighted by Gasteiger charge is -2.00. The van der Waals surface area contributed by atoms with E-state index >= 15 is 0 Å². The van der Waals surface area contributed by atoms with Gasteiger partial charge in [0.05, 0.1) is 6.42 Å². The van der Waals surface area contributed by atoms with Crippen LogP contribution < -0.4 is 0 Å². The van der Waals surface area contributed by atoms with Crippen LogP contribution in [0, 0.1) is 5.82 Å². The molecule has 0 saturated heterocycles. The van der Waals surface area contributed by atoms with Crippen LogP contribution in [0.4, 0.5) is 4.39 Å². The first-order chi connectivity index (χ1) is 7.58. The van der Waals surface area contributed by atoms with E-state index in [0.29, 0.717) is 12.8 Å². The number of carbonyl (C=O) groups is 2. The molecule has 86 valence electrons. The average Bonchev–Trinajstić information content (AvgIpc) is 2.25. The summed E-state index contributed by atoms with van der Waals surface area (Å²) in [5, 5.41) is 8.38. The van der Waals surface area contributed by atoms with Crippen LogP contribution in [0.2, 0.25) is 0 Å². The third-order valence-electron chi connectivity index (χ3n) is 2.22. The second kappa shape index (κ2) is 6.00. The molecule has 0 aliphatic rings. The number of hydrogen-bond acceptors (Lipinski definition) is 2. The van der Waals surface area contributed by atoms with Crippen LogP contribution in [0.1, 0.15) is 24.8 Å². The summed E-state index contributed by atoms with van der Waals surface area (Å²) in [7, 11) is 0. The molecule has 0 heterocycles. The number of rotatable bonds is 6. The Hall–Kier alpha value is -1.71. The Morgan fingerprint density at radius 2 is 1.69 bits per heavy atom. The number of carboxylic acids is 1. The molecule has 0 bridgehead atoms. The van der Waals surface area contributed by atoms with Gasteiger partial charge in [-0.2, -0.15) is 0 Å². The van der Waals surface area contributed by atoms with E-state index in [2.05, 4.69) is 0 Å². The zero-order valence-corrected chi connectivity index (χ0v) is 8.78. The van der Waals surface area contributed by atoms with Crippen molar-refractivity contribution in [1.82, 2.24) is 0 Å². The molecule has 0 aromatic heterocycles. The quantitative estimate of drug-likeness (QED) is 0.805. The van der Waals surface area contributed by atoms with Crippen molar-refractivity contribution in [1.29, 1.82) is 0 Å². The SMILES string of the molecule is O=C(O)CCC(=O)CCc1ccc(F)cc1. The van der Waals surface area contributed by atoms with E-state index in [1.807, 2.05) is 0 Å². The molecular weight excluding hydrogens is 211 g/mol. The van der Waals surface area contributed by atoms with Gasteiger partial charge in [-0.05, 0) is 24.1 Å². The molecule has 0 saturated carbocycles. The number of hydrogen-bond donors (Lipinski definition) is 1. The molecule has 1 aromatic carbocycles. The van der Waals surface area contributed by atoms with Gasteiger partial charge in [0.2, 0.25) is 0 Å². The number of carboxylic acid groups (broad SMARTS) is 1. The molecule has 4 heteroatoms. The van der Waals surface area contributed by atoms with Crippen molar-refractivity contribution in [3.8, 4) is 0 Å². The van der Waals surface area contributed by atoms with Gasteiger partial charge in [-0.1, -0.05) is 12.1 Å². The maximum absolute atomic E-state index is 12.6. The van der Waals surface area contributed by atoms with E-state index in [4.69, 9.17) is 5.11 Å². The van der Waals surface area contributed by atoms with Crippen LogP contribution in [0.15, 0.2) is 24.3 Å². The van der Waals surface area contributed by atoms with Crippen LogP contribution in [0.25, 0.3) is 0 Å². The Morgan fingerprint density at radius 1 is 1.06 bits per heavy atom. The number of Topliss-reactive ketones (excluding diaryl/α,β-unsaturated/α-hetero) is 1. The van der Waals surface area contributed by atoms with E-state index in [1.54, 1.807) is 12.1 Å². The third-order valence-corrected chi connectivity index (χ3v) is 2.22. The van der Waals surface area contributed by atoms with Crippen LogP contribution >= 0.6 is 0 Å². The fourth-order valence-electron chi connectivity index (χ4n) is 1.31. The van der Waals surface area contributed by atoms with E-state index < -0.39 is 5.97 Å². The average molecular weight is 224 g/mol. The van der Waals surface area contributed by atoms with E-state index in [0.717, 1.165) is 5.56 Å². The lowest BCUT2D eigenvalue weighted by atomic mass is 10.1. The highest BCUT2D eigenvalue weighted by atomic mass is 19.1. The Labute approximate surface area is 92.9 Å². The monoisotopic (exact) mass is 224 g/mol. The molecule has 0 aliphatic heterocycles. The van der Waals surface area contributed by atoms with Gasteiger partial charge in [0.15, 0.2) is 0 Å². The van der Waals surface area contributed by atoms with Gasteiger partial charge in [-0.15, -0.1) is 0 Å². The van der Waals surface area contributed by atoms with E-state index in [1.165, 1.54) is 12.1 Å². The largest absolute Gasteiger partial charge is 0.481 e. The van der Waals surface area contributed by atoms with Crippen molar-refractivity contribution in [2.75, 3.05) is 0 Å². The van der Waals surface area contributed by atoms with Crippen molar-refractivity contribution in [3.05, 3.63) is 35.6 Å². The fourth-order valence-corrected chi connectivity index (χ4v) is 1.31. The van der Waals surface area contributed by atoms with Gasteiger partial charge in [-0.3, -0.25) is 9.59 Å². The number of aryl methyl sites for hydroxylation is 1. The molecule has 1 N–H and O–H groups in total. The molecule has 0 unspecified atom stereocenters. The summed E-state index contributed by atoms with van der Waals surface area (Å²) >= 11 is 0. The molecule has 1 aromatic rings. The zero-order chi connectivity index (χ0) is 12.0. The molecule has 0 aliphatic carbocycles. The predicted octanol–water partition coefficient (Wildman–Crippen LogP) is 2.19. The fraction of sp³-hybridized carbons (Fsp3) is 0.333. The molecule has 16 heavy (non-hydrogen) atoms. The zero-order valence-electron chi connectivity index (χ0n) is 8.78. The minimum absolute atomic E-state index is 0.0660. The molecule has 0 amide bonds. The Morgan fingerprint density at radius 3 is 2.25 bits per heavy atom. The minimum Gasteiger partial charge on any atom is -0.481 e. The number of benzene rings is 1. The maximum atomic E-state index is 12.6. The summed E-state index contributed by atoms with van der Waals surface area (Å²) in [6.07, 6.45) is 0.774. The summed E-state index contributed by atoms with van der Waals surface area (Å²) in [5.41, 5.74) is 0.880. The standard InChI is InChI=1S/C12H13FO3/c13-10-4-1-9(2-5-10)3-6-11(14)7-8-12(15)16/h1-2,4-5H,3,6-8H2,(H,15,16). The second-order valence-electron chi connectivity index (χ2n) is 3.56. The van der Waals surface area contributed by atoms with Gasteiger partial charge in [0.25, 0.3) is 0 Å². The predicted molar refractivity (Wildman–Crippen MR) is 56.6 cm³/mol. The summed E-state index contributed by atoms with van der Waals surface area (Å²) < 4.78 is 12.6.